The van der Waals surface area contributed by atoms with Crippen LogP contribution in [0.1, 0.15) is 43.5 Å². The SMILES string of the molecule is CC(C)CC(CN)c1nc(Cc2ccccc2Cl)no1. The number of aromatic nitrogens is 2. The Labute approximate surface area is 124 Å². The molecule has 4 nitrogen and oxygen atoms in total. The fourth-order valence-electron chi connectivity index (χ4n) is 2.18. The van der Waals surface area contributed by atoms with Crippen molar-refractivity contribution in [2.45, 2.75) is 32.6 Å². The molecule has 0 saturated carbocycles. The maximum atomic E-state index is 6.13. The Morgan fingerprint density at radius 1 is 1.30 bits per heavy atom. The van der Waals surface area contributed by atoms with Crippen molar-refractivity contribution in [2.24, 2.45) is 11.7 Å². The second-order valence-corrected chi connectivity index (χ2v) is 5.79. The van der Waals surface area contributed by atoms with Crippen molar-refractivity contribution in [1.82, 2.24) is 10.1 Å². The van der Waals surface area contributed by atoms with E-state index in [1.54, 1.807) is 0 Å². The van der Waals surface area contributed by atoms with Crippen molar-refractivity contribution < 1.29 is 4.52 Å². The van der Waals surface area contributed by atoms with Gasteiger partial charge < -0.3 is 10.3 Å². The smallest absolute Gasteiger partial charge is 0.231 e. The Hall–Kier alpha value is -1.39. The Morgan fingerprint density at radius 3 is 2.70 bits per heavy atom. The average molecular weight is 294 g/mol. The van der Waals surface area contributed by atoms with E-state index in [0.717, 1.165) is 17.0 Å². The van der Waals surface area contributed by atoms with Crippen LogP contribution in [0.15, 0.2) is 28.8 Å². The minimum absolute atomic E-state index is 0.127. The number of benzene rings is 1. The summed E-state index contributed by atoms with van der Waals surface area (Å²) in [7, 11) is 0. The molecule has 0 aliphatic carbocycles. The second-order valence-electron chi connectivity index (χ2n) is 5.38. The van der Waals surface area contributed by atoms with Crippen LogP contribution in [0.25, 0.3) is 0 Å². The Bertz CT molecular complexity index is 554. The molecule has 20 heavy (non-hydrogen) atoms. The van der Waals surface area contributed by atoms with Gasteiger partial charge in [0.15, 0.2) is 5.82 Å². The largest absolute Gasteiger partial charge is 0.339 e. The van der Waals surface area contributed by atoms with Gasteiger partial charge in [-0.1, -0.05) is 48.8 Å². The molecule has 0 aliphatic rings. The van der Waals surface area contributed by atoms with E-state index >= 15 is 0 Å². The van der Waals surface area contributed by atoms with Crippen molar-refractivity contribution in [3.05, 3.63) is 46.6 Å². The number of nitrogens with zero attached hydrogens (tertiary/aromatic N) is 2. The topological polar surface area (TPSA) is 64.9 Å². The zero-order chi connectivity index (χ0) is 14.5. The second kappa shape index (κ2) is 6.86. The predicted octanol–water partition coefficient (Wildman–Crippen LogP) is 3.40. The molecule has 0 bridgehead atoms. The Morgan fingerprint density at radius 2 is 2.05 bits per heavy atom. The quantitative estimate of drug-likeness (QED) is 0.886. The van der Waals surface area contributed by atoms with Gasteiger partial charge in [0.05, 0.1) is 5.92 Å². The maximum absolute atomic E-state index is 6.13. The molecule has 2 rings (SSSR count). The summed E-state index contributed by atoms with van der Waals surface area (Å²) in [5.41, 5.74) is 6.79. The molecule has 2 N–H and O–H groups in total. The zero-order valence-corrected chi connectivity index (χ0v) is 12.6. The van der Waals surface area contributed by atoms with Crippen LogP contribution in [0.2, 0.25) is 5.02 Å². The molecule has 0 saturated heterocycles. The molecule has 108 valence electrons. The van der Waals surface area contributed by atoms with Crippen molar-refractivity contribution >= 4 is 11.6 Å². The third-order valence-electron chi connectivity index (χ3n) is 3.18. The zero-order valence-electron chi connectivity index (χ0n) is 11.8. The summed E-state index contributed by atoms with van der Waals surface area (Å²) in [5, 5.41) is 4.75. The summed E-state index contributed by atoms with van der Waals surface area (Å²) in [6, 6.07) is 7.68. The lowest BCUT2D eigenvalue weighted by Crippen LogP contribution is -2.15. The molecule has 2 aromatic rings. The van der Waals surface area contributed by atoms with Crippen LogP contribution in [0, 0.1) is 5.92 Å². The van der Waals surface area contributed by atoms with Gasteiger partial charge in [-0.2, -0.15) is 4.98 Å². The van der Waals surface area contributed by atoms with E-state index in [1.165, 1.54) is 0 Å². The number of hydrogen-bond acceptors (Lipinski definition) is 4. The number of halogens is 1. The van der Waals surface area contributed by atoms with Crippen LogP contribution in [-0.2, 0) is 6.42 Å². The van der Waals surface area contributed by atoms with Gasteiger partial charge in [0.1, 0.15) is 0 Å². The molecular formula is C15H20ClN3O. The highest BCUT2D eigenvalue weighted by atomic mass is 35.5. The maximum Gasteiger partial charge on any atom is 0.231 e. The molecule has 5 heteroatoms. The minimum Gasteiger partial charge on any atom is -0.339 e. The Balaban J connectivity index is 2.10. The summed E-state index contributed by atoms with van der Waals surface area (Å²) in [5.74, 6) is 1.95. The first kappa shape index (κ1) is 15.0. The fourth-order valence-corrected chi connectivity index (χ4v) is 2.39. The number of rotatable bonds is 6. The lowest BCUT2D eigenvalue weighted by Gasteiger charge is -2.11. The summed E-state index contributed by atoms with van der Waals surface area (Å²) in [6.07, 6.45) is 1.52. The molecule has 0 radical (unpaired) electrons. The van der Waals surface area contributed by atoms with Gasteiger partial charge >= 0.3 is 0 Å². The molecule has 0 fully saturated rings. The monoisotopic (exact) mass is 293 g/mol. The van der Waals surface area contributed by atoms with Crippen molar-refractivity contribution in [2.75, 3.05) is 6.54 Å². The highest BCUT2D eigenvalue weighted by molar-refractivity contribution is 6.31. The molecule has 1 aromatic carbocycles. The van der Waals surface area contributed by atoms with Crippen LogP contribution in [-0.4, -0.2) is 16.7 Å². The molecular weight excluding hydrogens is 274 g/mol. The van der Waals surface area contributed by atoms with Crippen LogP contribution in [0.5, 0.6) is 0 Å². The number of nitrogens with two attached hydrogens (primary N) is 1. The lowest BCUT2D eigenvalue weighted by molar-refractivity contribution is 0.332. The lowest BCUT2D eigenvalue weighted by atomic mass is 9.97. The highest BCUT2D eigenvalue weighted by Crippen LogP contribution is 2.23. The first-order valence-electron chi connectivity index (χ1n) is 6.86. The summed E-state index contributed by atoms with van der Waals surface area (Å²) in [6.45, 7) is 4.83. The first-order valence-corrected chi connectivity index (χ1v) is 7.24. The van der Waals surface area contributed by atoms with Crippen molar-refractivity contribution in [3.8, 4) is 0 Å². The van der Waals surface area contributed by atoms with E-state index in [1.807, 2.05) is 24.3 Å². The van der Waals surface area contributed by atoms with Gasteiger partial charge in [0.2, 0.25) is 5.89 Å². The molecule has 1 aromatic heterocycles. The molecule has 1 unspecified atom stereocenters. The van der Waals surface area contributed by atoms with E-state index in [4.69, 9.17) is 21.9 Å². The molecule has 1 atom stereocenters. The molecule has 0 aliphatic heterocycles. The van der Waals surface area contributed by atoms with Crippen LogP contribution in [0.4, 0.5) is 0 Å². The first-order chi connectivity index (χ1) is 9.60. The third kappa shape index (κ3) is 3.81. The summed E-state index contributed by atoms with van der Waals surface area (Å²) < 4.78 is 5.35. The highest BCUT2D eigenvalue weighted by Gasteiger charge is 2.19. The minimum atomic E-state index is 0.127. The predicted molar refractivity (Wildman–Crippen MR) is 79.8 cm³/mol. The molecule has 1 heterocycles. The normalized spacial score (nSPS) is 12.8. The summed E-state index contributed by atoms with van der Waals surface area (Å²) in [4.78, 5) is 4.45. The Kier molecular flexibility index (Phi) is 5.15. The summed E-state index contributed by atoms with van der Waals surface area (Å²) >= 11 is 6.13. The van der Waals surface area contributed by atoms with Crippen LogP contribution >= 0.6 is 11.6 Å². The third-order valence-corrected chi connectivity index (χ3v) is 3.55. The average Bonchev–Trinajstić information content (AvgIpc) is 2.87. The van der Waals surface area contributed by atoms with E-state index in [2.05, 4.69) is 24.0 Å². The van der Waals surface area contributed by atoms with Gasteiger partial charge in [-0.25, -0.2) is 0 Å². The van der Waals surface area contributed by atoms with Crippen LogP contribution in [0.3, 0.4) is 0 Å². The van der Waals surface area contributed by atoms with E-state index in [-0.39, 0.29) is 5.92 Å². The van der Waals surface area contributed by atoms with E-state index in [0.29, 0.717) is 30.6 Å². The number of hydrogen-bond donors (Lipinski definition) is 1. The van der Waals surface area contributed by atoms with Crippen molar-refractivity contribution in [1.29, 1.82) is 0 Å². The fraction of sp³-hybridized carbons (Fsp3) is 0.467. The van der Waals surface area contributed by atoms with Crippen molar-refractivity contribution in [3.63, 3.8) is 0 Å². The van der Waals surface area contributed by atoms with Gasteiger partial charge in [0.25, 0.3) is 0 Å². The van der Waals surface area contributed by atoms with Gasteiger partial charge in [-0.15, -0.1) is 0 Å². The van der Waals surface area contributed by atoms with Crippen LogP contribution < -0.4 is 5.73 Å². The van der Waals surface area contributed by atoms with Gasteiger partial charge in [-0.3, -0.25) is 0 Å². The van der Waals surface area contributed by atoms with Gasteiger partial charge in [0, 0.05) is 18.0 Å². The molecule has 0 amide bonds. The molecule has 0 spiro atoms. The van der Waals surface area contributed by atoms with Gasteiger partial charge in [-0.05, 0) is 24.0 Å². The van der Waals surface area contributed by atoms with E-state index in [9.17, 15) is 0 Å². The standard InChI is InChI=1S/C15H20ClN3O/c1-10(2)7-12(9-17)15-18-14(19-20-15)8-11-5-3-4-6-13(11)16/h3-6,10,12H,7-9,17H2,1-2H3. The van der Waals surface area contributed by atoms with E-state index < -0.39 is 0 Å².